The highest BCUT2D eigenvalue weighted by atomic mass is 35.5. The highest BCUT2D eigenvalue weighted by Crippen LogP contribution is 2.30. The molecule has 214 valence electrons. The van der Waals surface area contributed by atoms with E-state index in [2.05, 4.69) is 20.6 Å². The monoisotopic (exact) mass is 593 g/mol. The van der Waals surface area contributed by atoms with E-state index in [4.69, 9.17) is 11.6 Å². The Morgan fingerprint density at radius 1 is 1.05 bits per heavy atom. The van der Waals surface area contributed by atoms with Crippen molar-refractivity contribution in [3.8, 4) is 0 Å². The predicted molar refractivity (Wildman–Crippen MR) is 150 cm³/mol. The molecular weight excluding hydrogens is 571 g/mol. The van der Waals surface area contributed by atoms with Gasteiger partial charge in [-0.2, -0.15) is 13.2 Å². The number of aromatic nitrogens is 2. The summed E-state index contributed by atoms with van der Waals surface area (Å²) in [6, 6.07) is 15.9. The maximum atomic E-state index is 13.8. The zero-order chi connectivity index (χ0) is 30.0. The van der Waals surface area contributed by atoms with Crippen LogP contribution in [0.25, 0.3) is 0 Å². The summed E-state index contributed by atoms with van der Waals surface area (Å²) in [6.45, 7) is 1.74. The van der Waals surface area contributed by atoms with Crippen molar-refractivity contribution in [1.82, 2.24) is 14.9 Å². The molecule has 0 radical (unpaired) electrons. The van der Waals surface area contributed by atoms with Crippen LogP contribution in [0.1, 0.15) is 43.1 Å². The van der Waals surface area contributed by atoms with Gasteiger partial charge in [0.05, 0.1) is 16.8 Å². The fourth-order valence-corrected chi connectivity index (χ4v) is 4.83. The van der Waals surface area contributed by atoms with E-state index in [0.29, 0.717) is 33.7 Å². The Labute approximate surface area is 243 Å². The summed E-state index contributed by atoms with van der Waals surface area (Å²) >= 11 is 6.12. The molecule has 2 N–H and O–H groups in total. The van der Waals surface area contributed by atoms with Crippen LogP contribution in [0, 0.1) is 6.92 Å². The van der Waals surface area contributed by atoms with E-state index in [1.165, 1.54) is 11.0 Å². The van der Waals surface area contributed by atoms with Crippen molar-refractivity contribution in [2.75, 3.05) is 10.6 Å². The number of hydrogen-bond acceptors (Lipinski definition) is 5. The Bertz CT molecular complexity index is 1660. The van der Waals surface area contributed by atoms with Crippen molar-refractivity contribution in [3.05, 3.63) is 118 Å². The first-order valence-corrected chi connectivity index (χ1v) is 13.1. The number of benzene rings is 2. The van der Waals surface area contributed by atoms with Gasteiger partial charge in [0.2, 0.25) is 5.91 Å². The molecule has 42 heavy (non-hydrogen) atoms. The standard InChI is InChI=1S/C30H23ClF3N5O3/c1-17-12-18(5-8-22(17)27(40)38-26-10-6-19(15-36-26)30(32,33)34)16-39-25(14-21-4-2-3-11-35-21)28(41)37-24-13-20(31)7-9-23(24)29(39)42/h2-13,15,25H,14,16H2,1H3,(H,37,41)(H,36,38,40)/t25-/m1/s1. The fourth-order valence-electron chi connectivity index (χ4n) is 4.66. The molecule has 1 aliphatic heterocycles. The topological polar surface area (TPSA) is 104 Å². The molecule has 8 nitrogen and oxygen atoms in total. The van der Waals surface area contributed by atoms with Gasteiger partial charge in [-0.15, -0.1) is 0 Å². The lowest BCUT2D eigenvalue weighted by atomic mass is 10.0. The normalized spacial score (nSPS) is 15.1. The summed E-state index contributed by atoms with van der Waals surface area (Å²) < 4.78 is 38.4. The average molecular weight is 594 g/mol. The molecule has 0 spiro atoms. The lowest BCUT2D eigenvalue weighted by Gasteiger charge is -2.29. The van der Waals surface area contributed by atoms with E-state index in [1.54, 1.807) is 61.7 Å². The van der Waals surface area contributed by atoms with E-state index in [1.807, 2.05) is 0 Å². The zero-order valence-electron chi connectivity index (χ0n) is 22.1. The number of hydrogen-bond donors (Lipinski definition) is 2. The summed E-state index contributed by atoms with van der Waals surface area (Å²) in [4.78, 5) is 49.5. The van der Waals surface area contributed by atoms with Crippen LogP contribution in [0.15, 0.2) is 79.1 Å². The first-order chi connectivity index (χ1) is 20.0. The van der Waals surface area contributed by atoms with Gasteiger partial charge in [0.15, 0.2) is 0 Å². The van der Waals surface area contributed by atoms with Crippen molar-refractivity contribution in [3.63, 3.8) is 0 Å². The lowest BCUT2D eigenvalue weighted by Crippen LogP contribution is -2.46. The van der Waals surface area contributed by atoms with Crippen molar-refractivity contribution in [1.29, 1.82) is 0 Å². The molecule has 0 fully saturated rings. The van der Waals surface area contributed by atoms with Gasteiger partial charge in [-0.1, -0.05) is 29.8 Å². The average Bonchev–Trinajstić information content (AvgIpc) is 3.03. The molecule has 1 atom stereocenters. The van der Waals surface area contributed by atoms with Crippen molar-refractivity contribution < 1.29 is 27.6 Å². The number of nitrogens with one attached hydrogen (secondary N) is 2. The molecule has 0 bridgehead atoms. The third-order valence-electron chi connectivity index (χ3n) is 6.76. The third-order valence-corrected chi connectivity index (χ3v) is 6.99. The van der Waals surface area contributed by atoms with Crippen LogP contribution in [0.4, 0.5) is 24.7 Å². The van der Waals surface area contributed by atoms with Crippen LogP contribution in [0.2, 0.25) is 5.02 Å². The molecule has 0 saturated carbocycles. The third kappa shape index (κ3) is 6.26. The number of pyridine rings is 2. The second kappa shape index (κ2) is 11.6. The van der Waals surface area contributed by atoms with Gasteiger partial charge in [0.1, 0.15) is 11.9 Å². The minimum absolute atomic E-state index is 0.0335. The number of halogens is 4. The van der Waals surface area contributed by atoms with E-state index in [9.17, 15) is 27.6 Å². The molecule has 0 aliphatic carbocycles. The Hall–Kier alpha value is -4.77. The second-order valence-corrected chi connectivity index (χ2v) is 10.1. The van der Waals surface area contributed by atoms with E-state index in [-0.39, 0.29) is 35.8 Å². The first-order valence-electron chi connectivity index (χ1n) is 12.7. The van der Waals surface area contributed by atoms with E-state index >= 15 is 0 Å². The van der Waals surface area contributed by atoms with Crippen LogP contribution in [0.5, 0.6) is 0 Å². The largest absolute Gasteiger partial charge is 0.417 e. The van der Waals surface area contributed by atoms with Crippen LogP contribution >= 0.6 is 11.6 Å². The number of aryl methyl sites for hydroxylation is 1. The number of nitrogens with zero attached hydrogens (tertiary/aromatic N) is 3. The number of alkyl halides is 3. The number of carbonyl (C=O) groups excluding carboxylic acids is 3. The molecule has 0 unspecified atom stereocenters. The SMILES string of the molecule is Cc1cc(CN2C(=O)c3ccc(Cl)cc3NC(=O)[C@H]2Cc2ccccn2)ccc1C(=O)Nc1ccc(C(F)(F)F)cn1. The second-order valence-electron chi connectivity index (χ2n) is 9.69. The van der Waals surface area contributed by atoms with Crippen LogP contribution < -0.4 is 10.6 Å². The molecule has 3 heterocycles. The van der Waals surface area contributed by atoms with Gasteiger partial charge in [0.25, 0.3) is 11.8 Å². The van der Waals surface area contributed by atoms with Crippen LogP contribution in [-0.2, 0) is 23.9 Å². The summed E-state index contributed by atoms with van der Waals surface area (Å²) in [5.41, 5.74) is 1.77. The number of amides is 3. The highest BCUT2D eigenvalue weighted by molar-refractivity contribution is 6.31. The maximum Gasteiger partial charge on any atom is 0.417 e. The van der Waals surface area contributed by atoms with Gasteiger partial charge in [0, 0.05) is 41.6 Å². The van der Waals surface area contributed by atoms with Gasteiger partial charge in [-0.05, 0) is 66.6 Å². The van der Waals surface area contributed by atoms with Crippen molar-refractivity contribution in [2.24, 2.45) is 0 Å². The first kappa shape index (κ1) is 28.7. The molecule has 3 amide bonds. The van der Waals surface area contributed by atoms with Gasteiger partial charge >= 0.3 is 6.18 Å². The van der Waals surface area contributed by atoms with E-state index in [0.717, 1.165) is 12.1 Å². The molecular formula is C30H23ClF3N5O3. The number of rotatable bonds is 6. The number of carbonyl (C=O) groups is 3. The number of fused-ring (bicyclic) bond motifs is 1. The summed E-state index contributed by atoms with van der Waals surface area (Å²) in [6.07, 6.45) is -2.12. The Kier molecular flexibility index (Phi) is 7.95. The maximum absolute atomic E-state index is 13.8. The Morgan fingerprint density at radius 2 is 1.86 bits per heavy atom. The zero-order valence-corrected chi connectivity index (χ0v) is 22.8. The van der Waals surface area contributed by atoms with Crippen molar-refractivity contribution in [2.45, 2.75) is 32.1 Å². The lowest BCUT2D eigenvalue weighted by molar-refractivity contribution is -0.137. The van der Waals surface area contributed by atoms with Gasteiger partial charge in [-0.25, -0.2) is 4.98 Å². The Balaban J connectivity index is 1.40. The molecule has 2 aromatic carbocycles. The van der Waals surface area contributed by atoms with E-state index < -0.39 is 29.6 Å². The van der Waals surface area contributed by atoms with Crippen LogP contribution in [0.3, 0.4) is 0 Å². The van der Waals surface area contributed by atoms with Gasteiger partial charge in [-0.3, -0.25) is 19.4 Å². The summed E-state index contributed by atoms with van der Waals surface area (Å²) in [7, 11) is 0. The predicted octanol–water partition coefficient (Wildman–Crippen LogP) is 5.92. The molecule has 5 rings (SSSR count). The smallest absolute Gasteiger partial charge is 0.323 e. The molecule has 12 heteroatoms. The summed E-state index contributed by atoms with van der Waals surface area (Å²) in [5, 5.41) is 5.68. The molecule has 0 saturated heterocycles. The minimum Gasteiger partial charge on any atom is -0.323 e. The van der Waals surface area contributed by atoms with Gasteiger partial charge < -0.3 is 15.5 Å². The number of anilines is 2. The van der Waals surface area contributed by atoms with Crippen molar-refractivity contribution >= 4 is 40.8 Å². The molecule has 2 aromatic heterocycles. The van der Waals surface area contributed by atoms with Crippen LogP contribution in [-0.4, -0.2) is 38.6 Å². The molecule has 1 aliphatic rings. The fraction of sp³-hybridized carbons (Fsp3) is 0.167. The highest BCUT2D eigenvalue weighted by Gasteiger charge is 2.36. The quantitative estimate of drug-likeness (QED) is 0.289. The summed E-state index contributed by atoms with van der Waals surface area (Å²) in [5.74, 6) is -1.37. The Morgan fingerprint density at radius 3 is 2.52 bits per heavy atom. The molecule has 4 aromatic rings. The minimum atomic E-state index is -4.54.